The summed E-state index contributed by atoms with van der Waals surface area (Å²) < 4.78 is 27.4. The van der Waals surface area contributed by atoms with E-state index >= 15 is 0 Å². The van der Waals surface area contributed by atoms with E-state index in [4.69, 9.17) is 16.7 Å². The second kappa shape index (κ2) is 6.17. The molecule has 2 N–H and O–H groups in total. The summed E-state index contributed by atoms with van der Waals surface area (Å²) in [7, 11) is 1.26. The van der Waals surface area contributed by atoms with Crippen LogP contribution in [0.5, 0.6) is 0 Å². The number of carbonyl (C=O) groups excluding carboxylic acids is 1. The summed E-state index contributed by atoms with van der Waals surface area (Å²) in [5, 5.41) is 10.9. The lowest BCUT2D eigenvalue weighted by atomic mass is 10.1. The molecule has 0 aromatic carbocycles. The fourth-order valence-electron chi connectivity index (χ4n) is 1.79. The van der Waals surface area contributed by atoms with Gasteiger partial charge in [-0.3, -0.25) is 14.3 Å². The van der Waals surface area contributed by atoms with Gasteiger partial charge in [-0.05, 0) is 24.9 Å². The molecule has 0 spiro atoms. The van der Waals surface area contributed by atoms with E-state index < -0.39 is 23.0 Å². The SMILES string of the molecule is Cc1nn(C)c(C(F)(F)Cl)c1C(=O)NCCCC(=O)O. The van der Waals surface area contributed by atoms with Gasteiger partial charge >= 0.3 is 11.4 Å². The maximum absolute atomic E-state index is 13.3. The summed E-state index contributed by atoms with van der Waals surface area (Å²) >= 11 is 4.98. The van der Waals surface area contributed by atoms with E-state index in [0.29, 0.717) is 0 Å². The number of carboxylic acids is 1. The normalized spacial score (nSPS) is 11.4. The Bertz CT molecular complexity index is 526. The molecule has 0 aliphatic carbocycles. The van der Waals surface area contributed by atoms with Crippen LogP contribution in [0.15, 0.2) is 0 Å². The van der Waals surface area contributed by atoms with E-state index in [1.165, 1.54) is 14.0 Å². The number of aromatic nitrogens is 2. The average Bonchev–Trinajstić information content (AvgIpc) is 2.58. The minimum Gasteiger partial charge on any atom is -0.481 e. The van der Waals surface area contributed by atoms with Crippen molar-refractivity contribution in [2.45, 2.75) is 25.1 Å². The van der Waals surface area contributed by atoms with Crippen LogP contribution in [0.3, 0.4) is 0 Å². The summed E-state index contributed by atoms with van der Waals surface area (Å²) in [5.41, 5.74) is -0.853. The minimum atomic E-state index is -3.72. The first-order valence-corrected chi connectivity index (χ1v) is 6.13. The number of nitrogens with zero attached hydrogens (tertiary/aromatic N) is 2. The highest BCUT2D eigenvalue weighted by molar-refractivity contribution is 6.22. The largest absolute Gasteiger partial charge is 0.481 e. The molecule has 0 saturated carbocycles. The van der Waals surface area contributed by atoms with Gasteiger partial charge in [-0.15, -0.1) is 0 Å². The van der Waals surface area contributed by atoms with Gasteiger partial charge in [0.15, 0.2) is 0 Å². The van der Waals surface area contributed by atoms with Crippen molar-refractivity contribution < 1.29 is 23.5 Å². The third-order valence-electron chi connectivity index (χ3n) is 2.57. The molecule has 0 fully saturated rings. The first kappa shape index (κ1) is 16.4. The van der Waals surface area contributed by atoms with Crippen LogP contribution in [0, 0.1) is 6.92 Å². The van der Waals surface area contributed by atoms with Crippen LogP contribution in [0.1, 0.15) is 34.6 Å². The topological polar surface area (TPSA) is 84.2 Å². The molecule has 0 radical (unpaired) electrons. The molecule has 9 heteroatoms. The van der Waals surface area contributed by atoms with Gasteiger partial charge in [-0.25, -0.2) is 0 Å². The van der Waals surface area contributed by atoms with Crippen molar-refractivity contribution in [1.29, 1.82) is 0 Å². The Kier molecular flexibility index (Phi) is 5.04. The van der Waals surface area contributed by atoms with Gasteiger partial charge in [0.25, 0.3) is 5.91 Å². The molecule has 0 unspecified atom stereocenters. The number of hydrogen-bond donors (Lipinski definition) is 2. The first-order valence-electron chi connectivity index (χ1n) is 5.75. The van der Waals surface area contributed by atoms with Crippen molar-refractivity contribution in [3.05, 3.63) is 17.0 Å². The molecule has 1 aromatic heterocycles. The molecule has 112 valence electrons. The summed E-state index contributed by atoms with van der Waals surface area (Å²) in [6.45, 7) is 1.48. The van der Waals surface area contributed by atoms with Crippen molar-refractivity contribution in [3.63, 3.8) is 0 Å². The number of nitrogens with one attached hydrogen (secondary N) is 1. The van der Waals surface area contributed by atoms with Crippen LogP contribution in [0.25, 0.3) is 0 Å². The molecule has 1 rings (SSSR count). The Morgan fingerprint density at radius 1 is 1.50 bits per heavy atom. The van der Waals surface area contributed by atoms with Gasteiger partial charge in [-0.2, -0.15) is 13.9 Å². The van der Waals surface area contributed by atoms with E-state index in [-0.39, 0.29) is 30.6 Å². The van der Waals surface area contributed by atoms with Crippen LogP contribution in [0.4, 0.5) is 8.78 Å². The Labute approximate surface area is 118 Å². The molecule has 0 saturated heterocycles. The Hall–Kier alpha value is -1.70. The van der Waals surface area contributed by atoms with Crippen molar-refractivity contribution in [2.24, 2.45) is 7.05 Å². The standard InChI is InChI=1S/C11H14ClF2N3O3/c1-6-8(9(11(12,13)14)17(2)16-6)10(20)15-5-3-4-7(18)19/h3-5H2,1-2H3,(H,15,20)(H,18,19). The Morgan fingerprint density at radius 2 is 2.10 bits per heavy atom. The average molecular weight is 310 g/mol. The molecule has 1 heterocycles. The second-order valence-electron chi connectivity index (χ2n) is 4.18. The van der Waals surface area contributed by atoms with Gasteiger partial charge < -0.3 is 10.4 Å². The molecule has 20 heavy (non-hydrogen) atoms. The fraction of sp³-hybridized carbons (Fsp3) is 0.545. The Morgan fingerprint density at radius 3 is 2.60 bits per heavy atom. The lowest BCUT2D eigenvalue weighted by Crippen LogP contribution is -2.28. The smallest absolute Gasteiger partial charge is 0.365 e. The number of rotatable bonds is 6. The van der Waals surface area contributed by atoms with Crippen LogP contribution in [0.2, 0.25) is 0 Å². The van der Waals surface area contributed by atoms with Crippen molar-refractivity contribution in [2.75, 3.05) is 6.54 Å². The van der Waals surface area contributed by atoms with Crippen molar-refractivity contribution >= 4 is 23.5 Å². The maximum Gasteiger partial charge on any atom is 0.365 e. The van der Waals surface area contributed by atoms with E-state index in [9.17, 15) is 18.4 Å². The molecule has 1 amide bonds. The molecule has 6 nitrogen and oxygen atoms in total. The number of hydrogen-bond acceptors (Lipinski definition) is 3. The van der Waals surface area contributed by atoms with E-state index in [1.54, 1.807) is 0 Å². The highest BCUT2D eigenvalue weighted by Crippen LogP contribution is 2.35. The number of carbonyl (C=O) groups is 2. The highest BCUT2D eigenvalue weighted by Gasteiger charge is 2.38. The molecule has 0 aliphatic heterocycles. The van der Waals surface area contributed by atoms with Gasteiger partial charge in [-0.1, -0.05) is 0 Å². The number of aryl methyl sites for hydroxylation is 2. The number of amides is 1. The first-order chi connectivity index (χ1) is 9.14. The van der Waals surface area contributed by atoms with Crippen LogP contribution < -0.4 is 5.32 Å². The molecular weight excluding hydrogens is 296 g/mol. The zero-order valence-corrected chi connectivity index (χ0v) is 11.7. The number of carboxylic acid groups (broad SMARTS) is 1. The number of halogens is 3. The van der Waals surface area contributed by atoms with E-state index in [1.807, 2.05) is 0 Å². The number of aliphatic carboxylic acids is 1. The highest BCUT2D eigenvalue weighted by atomic mass is 35.5. The minimum absolute atomic E-state index is 0.0623. The van der Waals surface area contributed by atoms with Crippen molar-refractivity contribution in [3.8, 4) is 0 Å². The quantitative estimate of drug-likeness (QED) is 0.617. The molecule has 1 aromatic rings. The van der Waals surface area contributed by atoms with Crippen molar-refractivity contribution in [1.82, 2.24) is 15.1 Å². The third-order valence-corrected chi connectivity index (χ3v) is 2.75. The van der Waals surface area contributed by atoms with E-state index in [0.717, 1.165) is 4.68 Å². The van der Waals surface area contributed by atoms with Crippen LogP contribution in [-0.2, 0) is 17.2 Å². The molecular formula is C11H14ClF2N3O3. The summed E-state index contributed by atoms with van der Waals surface area (Å²) in [5.74, 6) is -1.75. The number of alkyl halides is 3. The van der Waals surface area contributed by atoms with Gasteiger partial charge in [0.2, 0.25) is 0 Å². The van der Waals surface area contributed by atoms with Crippen LogP contribution >= 0.6 is 11.6 Å². The summed E-state index contributed by atoms with van der Waals surface area (Å²) in [6.07, 6.45) is 0.0812. The molecule has 0 bridgehead atoms. The predicted molar refractivity (Wildman–Crippen MR) is 66.9 cm³/mol. The Balaban J connectivity index is 2.85. The van der Waals surface area contributed by atoms with Gasteiger partial charge in [0, 0.05) is 20.0 Å². The monoisotopic (exact) mass is 309 g/mol. The van der Waals surface area contributed by atoms with E-state index in [2.05, 4.69) is 10.4 Å². The predicted octanol–water partition coefficient (Wildman–Crippen LogP) is 1.61. The molecule has 0 aliphatic rings. The lowest BCUT2D eigenvalue weighted by molar-refractivity contribution is -0.137. The third kappa shape index (κ3) is 3.89. The summed E-state index contributed by atoms with van der Waals surface area (Å²) in [6, 6.07) is 0. The zero-order chi connectivity index (χ0) is 15.5. The second-order valence-corrected chi connectivity index (χ2v) is 4.66. The fourth-order valence-corrected chi connectivity index (χ4v) is 2.00. The lowest BCUT2D eigenvalue weighted by Gasteiger charge is -2.11. The van der Waals surface area contributed by atoms with Gasteiger partial charge in [0.05, 0.1) is 11.3 Å². The summed E-state index contributed by atoms with van der Waals surface area (Å²) in [4.78, 5) is 22.2. The molecule has 0 atom stereocenters. The van der Waals surface area contributed by atoms with Gasteiger partial charge in [0.1, 0.15) is 5.69 Å². The zero-order valence-electron chi connectivity index (χ0n) is 10.9. The maximum atomic E-state index is 13.3. The van der Waals surface area contributed by atoms with Crippen LogP contribution in [-0.4, -0.2) is 33.3 Å².